The number of carbonyl (C=O) groups excluding carboxylic acids is 1. The van der Waals surface area contributed by atoms with Crippen LogP contribution in [-0.2, 0) is 11.3 Å². The summed E-state index contributed by atoms with van der Waals surface area (Å²) in [6.07, 6.45) is 1.32. The molecule has 5 rings (SSSR count). The van der Waals surface area contributed by atoms with E-state index in [1.165, 1.54) is 44.7 Å². The van der Waals surface area contributed by atoms with Gasteiger partial charge in [0.25, 0.3) is 0 Å². The van der Waals surface area contributed by atoms with Crippen LogP contribution >= 0.6 is 0 Å². The van der Waals surface area contributed by atoms with Crippen LogP contribution < -0.4 is 35.5 Å². The summed E-state index contributed by atoms with van der Waals surface area (Å²) in [7, 11) is 2.98. The first kappa shape index (κ1) is 32.6. The normalized spacial score (nSPS) is 11.0. The summed E-state index contributed by atoms with van der Waals surface area (Å²) in [6, 6.07) is 13.2. The third kappa shape index (κ3) is 7.39. The number of rotatable bonds is 11. The lowest BCUT2D eigenvalue weighted by Gasteiger charge is -2.15. The van der Waals surface area contributed by atoms with Gasteiger partial charge in [0.2, 0.25) is 5.75 Å². The molecule has 5 aromatic rings. The SMILES string of the molecule is COc1cc2nccc(Oc3ccc(NC(=O)Oc4cn(CCOC(C)C)c(=O)n(-c5ccc(F)cc5)c4=O)cc3F)c2cc1OC. The molecule has 0 fully saturated rings. The number of aromatic nitrogens is 3. The molecule has 0 spiro atoms. The second-order valence-electron chi connectivity index (χ2n) is 10.3. The van der Waals surface area contributed by atoms with Crippen LogP contribution in [0.25, 0.3) is 16.6 Å². The minimum Gasteiger partial charge on any atom is -0.493 e. The Morgan fingerprint density at radius 3 is 2.30 bits per heavy atom. The van der Waals surface area contributed by atoms with Gasteiger partial charge in [-0.1, -0.05) is 0 Å². The molecule has 0 saturated heterocycles. The standard InChI is InChI=1S/C33H30F2N4O8/c1-19(2)45-14-13-38-18-30(31(40)39(33(38)42)22-8-5-20(34)6-9-22)47-32(41)37-21-7-10-27(24(35)15-21)46-26-11-12-36-25-17-29(44-4)28(43-3)16-23(25)26/h5-12,15-19H,13-14H2,1-4H3,(H,37,41). The number of carbonyl (C=O) groups is 1. The van der Waals surface area contributed by atoms with E-state index in [1.807, 2.05) is 13.8 Å². The van der Waals surface area contributed by atoms with Crippen molar-refractivity contribution in [3.05, 3.63) is 106 Å². The van der Waals surface area contributed by atoms with Crippen LogP contribution in [0, 0.1) is 11.6 Å². The number of methoxy groups -OCH3 is 2. The van der Waals surface area contributed by atoms with E-state index in [-0.39, 0.29) is 36.4 Å². The summed E-state index contributed by atoms with van der Waals surface area (Å²) in [6.45, 7) is 3.78. The van der Waals surface area contributed by atoms with Crippen molar-refractivity contribution in [3.63, 3.8) is 0 Å². The number of nitrogens with zero attached hydrogens (tertiary/aromatic N) is 3. The number of halogens is 2. The van der Waals surface area contributed by atoms with E-state index in [2.05, 4.69) is 10.3 Å². The Bertz CT molecular complexity index is 2040. The molecule has 1 amide bonds. The number of benzene rings is 3. The summed E-state index contributed by atoms with van der Waals surface area (Å²) in [5.41, 5.74) is -1.14. The van der Waals surface area contributed by atoms with E-state index in [4.69, 9.17) is 23.7 Å². The van der Waals surface area contributed by atoms with Crippen LogP contribution in [0.1, 0.15) is 13.8 Å². The fraction of sp³-hybridized carbons (Fsp3) is 0.212. The van der Waals surface area contributed by atoms with Crippen LogP contribution in [0.2, 0.25) is 0 Å². The molecule has 0 bridgehead atoms. The van der Waals surface area contributed by atoms with Gasteiger partial charge >= 0.3 is 17.3 Å². The molecule has 0 radical (unpaired) electrons. The van der Waals surface area contributed by atoms with Gasteiger partial charge in [-0.05, 0) is 62.4 Å². The second kappa shape index (κ2) is 14.1. The highest BCUT2D eigenvalue weighted by Gasteiger charge is 2.19. The van der Waals surface area contributed by atoms with E-state index in [0.29, 0.717) is 28.2 Å². The summed E-state index contributed by atoms with van der Waals surface area (Å²) in [5.74, 6) is -0.853. The van der Waals surface area contributed by atoms with E-state index in [1.54, 1.807) is 18.2 Å². The van der Waals surface area contributed by atoms with Gasteiger partial charge in [0, 0.05) is 29.4 Å². The van der Waals surface area contributed by atoms with Gasteiger partial charge in [0.1, 0.15) is 11.6 Å². The number of pyridine rings is 1. The van der Waals surface area contributed by atoms with E-state index < -0.39 is 34.7 Å². The molecule has 2 heterocycles. The topological polar surface area (TPSA) is 132 Å². The van der Waals surface area contributed by atoms with Gasteiger partial charge in [-0.25, -0.2) is 22.9 Å². The molecule has 244 valence electrons. The Morgan fingerprint density at radius 2 is 1.62 bits per heavy atom. The predicted octanol–water partition coefficient (Wildman–Crippen LogP) is 5.67. The molecule has 1 N–H and O–H groups in total. The van der Waals surface area contributed by atoms with Crippen LogP contribution in [0.4, 0.5) is 19.3 Å². The molecule has 3 aromatic carbocycles. The molecule has 47 heavy (non-hydrogen) atoms. The number of fused-ring (bicyclic) bond motifs is 1. The Kier molecular flexibility index (Phi) is 9.80. The Morgan fingerprint density at radius 1 is 0.894 bits per heavy atom. The molecule has 14 heteroatoms. The number of amides is 1. The summed E-state index contributed by atoms with van der Waals surface area (Å²) >= 11 is 0. The molecule has 12 nitrogen and oxygen atoms in total. The van der Waals surface area contributed by atoms with Crippen molar-refractivity contribution in [3.8, 4) is 34.4 Å². The molecule has 0 unspecified atom stereocenters. The number of anilines is 1. The first-order valence-electron chi connectivity index (χ1n) is 14.3. The molecule has 2 aromatic heterocycles. The molecule has 0 aliphatic heterocycles. The van der Waals surface area contributed by atoms with Gasteiger partial charge in [-0.15, -0.1) is 0 Å². The summed E-state index contributed by atoms with van der Waals surface area (Å²) in [5, 5.41) is 2.90. The van der Waals surface area contributed by atoms with Gasteiger partial charge < -0.3 is 23.7 Å². The van der Waals surface area contributed by atoms with Gasteiger partial charge in [0.05, 0.1) is 50.9 Å². The van der Waals surface area contributed by atoms with E-state index in [0.717, 1.165) is 33.5 Å². The number of ether oxygens (including phenoxy) is 5. The smallest absolute Gasteiger partial charge is 0.417 e. The Hall–Kier alpha value is -5.76. The third-order valence-corrected chi connectivity index (χ3v) is 6.80. The molecular weight excluding hydrogens is 618 g/mol. The molecule has 0 aliphatic rings. The van der Waals surface area contributed by atoms with Crippen molar-refractivity contribution >= 4 is 22.7 Å². The third-order valence-electron chi connectivity index (χ3n) is 6.80. The van der Waals surface area contributed by atoms with E-state index in [9.17, 15) is 18.8 Å². The fourth-order valence-corrected chi connectivity index (χ4v) is 4.57. The predicted molar refractivity (Wildman–Crippen MR) is 168 cm³/mol. The van der Waals surface area contributed by atoms with Crippen molar-refractivity contribution < 1.29 is 37.3 Å². The van der Waals surface area contributed by atoms with Gasteiger partial charge in [0.15, 0.2) is 23.1 Å². The molecule has 0 aliphatic carbocycles. The Balaban J connectivity index is 1.37. The first-order chi connectivity index (χ1) is 22.6. The molecule has 0 saturated carbocycles. The van der Waals surface area contributed by atoms with Crippen LogP contribution in [0.15, 0.2) is 82.6 Å². The second-order valence-corrected chi connectivity index (χ2v) is 10.3. The molecular formula is C33H30F2N4O8. The average Bonchev–Trinajstić information content (AvgIpc) is 3.04. The van der Waals surface area contributed by atoms with Crippen molar-refractivity contribution in [1.82, 2.24) is 14.1 Å². The lowest BCUT2D eigenvalue weighted by Crippen LogP contribution is -2.40. The minimum atomic E-state index is -1.13. The van der Waals surface area contributed by atoms with Crippen molar-refractivity contribution in [2.45, 2.75) is 26.5 Å². The lowest BCUT2D eigenvalue weighted by atomic mass is 10.2. The number of hydrogen-bond donors (Lipinski definition) is 1. The van der Waals surface area contributed by atoms with Crippen molar-refractivity contribution in [2.24, 2.45) is 0 Å². The van der Waals surface area contributed by atoms with Crippen molar-refractivity contribution in [2.75, 3.05) is 26.1 Å². The maximum absolute atomic E-state index is 15.2. The van der Waals surface area contributed by atoms with E-state index >= 15 is 4.39 Å². The van der Waals surface area contributed by atoms with Crippen LogP contribution in [0.3, 0.4) is 0 Å². The number of hydrogen-bond acceptors (Lipinski definition) is 9. The highest BCUT2D eigenvalue weighted by atomic mass is 19.1. The average molecular weight is 649 g/mol. The highest BCUT2D eigenvalue weighted by Crippen LogP contribution is 2.37. The zero-order valence-electron chi connectivity index (χ0n) is 25.8. The maximum atomic E-state index is 15.2. The highest BCUT2D eigenvalue weighted by molar-refractivity contribution is 5.88. The Labute approximate surface area is 266 Å². The van der Waals surface area contributed by atoms with Crippen LogP contribution in [-0.4, -0.2) is 47.1 Å². The first-order valence-corrected chi connectivity index (χ1v) is 14.3. The zero-order valence-corrected chi connectivity index (χ0v) is 25.8. The van der Waals surface area contributed by atoms with Gasteiger partial charge in [-0.3, -0.25) is 19.7 Å². The quantitative estimate of drug-likeness (QED) is 0.192. The minimum absolute atomic E-state index is 0.0108. The maximum Gasteiger partial charge on any atom is 0.417 e. The van der Waals surface area contributed by atoms with Crippen molar-refractivity contribution in [1.29, 1.82) is 0 Å². The fourth-order valence-electron chi connectivity index (χ4n) is 4.57. The summed E-state index contributed by atoms with van der Waals surface area (Å²) < 4.78 is 57.9. The zero-order chi connectivity index (χ0) is 33.7. The monoisotopic (exact) mass is 648 g/mol. The largest absolute Gasteiger partial charge is 0.493 e. The van der Waals surface area contributed by atoms with Gasteiger partial charge in [-0.2, -0.15) is 0 Å². The lowest BCUT2D eigenvalue weighted by molar-refractivity contribution is 0.0718. The van der Waals surface area contributed by atoms with Crippen LogP contribution in [0.5, 0.6) is 28.7 Å². The number of nitrogens with one attached hydrogen (secondary N) is 1. The summed E-state index contributed by atoms with van der Waals surface area (Å²) in [4.78, 5) is 43.6. The molecule has 0 atom stereocenters.